The third kappa shape index (κ3) is 5.09. The monoisotopic (exact) mass is 399 g/mol. The number of amides is 2. The highest BCUT2D eigenvalue weighted by atomic mass is 16.7. The van der Waals surface area contributed by atoms with Crippen LogP contribution in [-0.2, 0) is 9.59 Å². The van der Waals surface area contributed by atoms with Gasteiger partial charge in [0.25, 0.3) is 0 Å². The number of fused-ring (bicyclic) bond motifs is 1. The minimum Gasteiger partial charge on any atom is -0.454 e. The summed E-state index contributed by atoms with van der Waals surface area (Å²) < 4.78 is 10.7. The van der Waals surface area contributed by atoms with Gasteiger partial charge in [-0.15, -0.1) is 0 Å². The number of hydrogen-bond acceptors (Lipinski definition) is 5. The molecular weight excluding hydrogens is 370 g/mol. The van der Waals surface area contributed by atoms with Gasteiger partial charge in [0.1, 0.15) is 0 Å². The van der Waals surface area contributed by atoms with E-state index in [1.807, 2.05) is 28.0 Å². The van der Waals surface area contributed by atoms with Crippen LogP contribution in [0.15, 0.2) is 24.3 Å². The van der Waals surface area contributed by atoms with Crippen LogP contribution >= 0.6 is 0 Å². The zero-order chi connectivity index (χ0) is 20.1. The summed E-state index contributed by atoms with van der Waals surface area (Å²) in [6, 6.07) is 5.63. The number of benzene rings is 1. The summed E-state index contributed by atoms with van der Waals surface area (Å²) in [4.78, 5) is 31.1. The Balaban J connectivity index is 1.23. The van der Waals surface area contributed by atoms with Gasteiger partial charge in [0, 0.05) is 45.3 Å². The first-order valence-electron chi connectivity index (χ1n) is 10.6. The van der Waals surface area contributed by atoms with Crippen LogP contribution in [0.1, 0.15) is 31.2 Å². The maximum atomic E-state index is 12.5. The molecule has 29 heavy (non-hydrogen) atoms. The molecule has 1 aromatic rings. The van der Waals surface area contributed by atoms with Crippen molar-refractivity contribution in [2.75, 3.05) is 52.6 Å². The smallest absolute Gasteiger partial charge is 0.246 e. The summed E-state index contributed by atoms with van der Waals surface area (Å²) in [5.74, 6) is 1.68. The average Bonchev–Trinajstić information content (AvgIpc) is 3.03. The van der Waals surface area contributed by atoms with E-state index in [4.69, 9.17) is 9.47 Å². The Hall–Kier alpha value is -2.54. The summed E-state index contributed by atoms with van der Waals surface area (Å²) >= 11 is 0. The van der Waals surface area contributed by atoms with Gasteiger partial charge in [0.2, 0.25) is 18.6 Å². The first-order chi connectivity index (χ1) is 14.2. The lowest BCUT2D eigenvalue weighted by Crippen LogP contribution is -2.51. The second-order valence-electron chi connectivity index (χ2n) is 7.84. The summed E-state index contributed by atoms with van der Waals surface area (Å²) in [6.07, 6.45) is 8.09. The fraction of sp³-hybridized carbons (Fsp3) is 0.545. The van der Waals surface area contributed by atoms with Gasteiger partial charge >= 0.3 is 0 Å². The van der Waals surface area contributed by atoms with Crippen molar-refractivity contribution in [1.29, 1.82) is 0 Å². The molecular formula is C22H29N3O4. The van der Waals surface area contributed by atoms with Crippen molar-refractivity contribution in [3.8, 4) is 11.5 Å². The van der Waals surface area contributed by atoms with Crippen molar-refractivity contribution in [3.05, 3.63) is 29.8 Å². The second kappa shape index (κ2) is 9.31. The van der Waals surface area contributed by atoms with Gasteiger partial charge in [0.15, 0.2) is 11.5 Å². The molecule has 0 unspecified atom stereocenters. The van der Waals surface area contributed by atoms with E-state index >= 15 is 0 Å². The molecule has 2 fully saturated rings. The van der Waals surface area contributed by atoms with Crippen molar-refractivity contribution >= 4 is 17.9 Å². The molecule has 0 aliphatic carbocycles. The molecule has 0 aromatic heterocycles. The molecule has 0 bridgehead atoms. The van der Waals surface area contributed by atoms with Crippen LogP contribution in [0.25, 0.3) is 6.08 Å². The molecule has 3 aliphatic rings. The van der Waals surface area contributed by atoms with E-state index in [2.05, 4.69) is 4.90 Å². The predicted octanol–water partition coefficient (Wildman–Crippen LogP) is 1.98. The molecule has 2 saturated heterocycles. The molecule has 3 aliphatic heterocycles. The molecule has 156 valence electrons. The lowest BCUT2D eigenvalue weighted by molar-refractivity contribution is -0.133. The van der Waals surface area contributed by atoms with E-state index in [1.165, 1.54) is 12.8 Å². The average molecular weight is 399 g/mol. The van der Waals surface area contributed by atoms with E-state index in [1.54, 1.807) is 12.2 Å². The zero-order valence-corrected chi connectivity index (χ0v) is 16.8. The van der Waals surface area contributed by atoms with Gasteiger partial charge in [-0.2, -0.15) is 0 Å². The summed E-state index contributed by atoms with van der Waals surface area (Å²) in [6.45, 7) is 5.27. The summed E-state index contributed by atoms with van der Waals surface area (Å²) in [7, 11) is 0. The van der Waals surface area contributed by atoms with Crippen LogP contribution in [0.3, 0.4) is 0 Å². The first-order valence-corrected chi connectivity index (χ1v) is 10.6. The maximum absolute atomic E-state index is 12.5. The number of ether oxygens (including phenoxy) is 2. The molecule has 7 heteroatoms. The van der Waals surface area contributed by atoms with E-state index < -0.39 is 0 Å². The van der Waals surface area contributed by atoms with Crippen molar-refractivity contribution in [2.24, 2.45) is 0 Å². The van der Waals surface area contributed by atoms with Crippen LogP contribution in [0.2, 0.25) is 0 Å². The van der Waals surface area contributed by atoms with Gasteiger partial charge in [0.05, 0.1) is 6.54 Å². The number of rotatable bonds is 4. The minimum atomic E-state index is 0.00108. The van der Waals surface area contributed by atoms with Gasteiger partial charge in [-0.05, 0) is 36.6 Å². The SMILES string of the molecule is O=C(/C=C/c1ccc2c(c1)OCO2)N1CCN(CC(=O)N2CCCCCC2)CC1. The Bertz CT molecular complexity index is 763. The highest BCUT2D eigenvalue weighted by molar-refractivity contribution is 5.92. The summed E-state index contributed by atoms with van der Waals surface area (Å²) in [5, 5.41) is 0. The molecule has 0 N–H and O–H groups in total. The number of carbonyl (C=O) groups is 2. The van der Waals surface area contributed by atoms with E-state index in [9.17, 15) is 9.59 Å². The van der Waals surface area contributed by atoms with Crippen molar-refractivity contribution < 1.29 is 19.1 Å². The van der Waals surface area contributed by atoms with Crippen LogP contribution in [-0.4, -0.2) is 79.1 Å². The predicted molar refractivity (Wildman–Crippen MR) is 110 cm³/mol. The first kappa shape index (κ1) is 19.8. The molecule has 7 nitrogen and oxygen atoms in total. The zero-order valence-electron chi connectivity index (χ0n) is 16.8. The van der Waals surface area contributed by atoms with Crippen molar-refractivity contribution in [1.82, 2.24) is 14.7 Å². The van der Waals surface area contributed by atoms with Gasteiger partial charge in [-0.25, -0.2) is 0 Å². The largest absolute Gasteiger partial charge is 0.454 e. The third-order valence-electron chi connectivity index (χ3n) is 5.82. The Morgan fingerprint density at radius 2 is 1.59 bits per heavy atom. The highest BCUT2D eigenvalue weighted by Gasteiger charge is 2.23. The third-order valence-corrected chi connectivity index (χ3v) is 5.82. The van der Waals surface area contributed by atoms with Crippen LogP contribution in [0, 0.1) is 0 Å². The molecule has 0 spiro atoms. The maximum Gasteiger partial charge on any atom is 0.246 e. The Morgan fingerprint density at radius 3 is 2.34 bits per heavy atom. The Kier molecular flexibility index (Phi) is 6.34. The molecule has 2 amide bonds. The molecule has 0 saturated carbocycles. The number of nitrogens with zero attached hydrogens (tertiary/aromatic N) is 3. The number of piperazine rings is 1. The van der Waals surface area contributed by atoms with Gasteiger partial charge < -0.3 is 19.3 Å². The second-order valence-corrected chi connectivity index (χ2v) is 7.84. The summed E-state index contributed by atoms with van der Waals surface area (Å²) in [5.41, 5.74) is 0.907. The standard InChI is InChI=1S/C22H29N3O4/c26-21(8-6-18-5-7-19-20(15-18)29-17-28-19)25-13-11-23(12-14-25)16-22(27)24-9-3-1-2-4-10-24/h5-8,15H,1-4,9-14,16-17H2/b8-6+. The van der Waals surface area contributed by atoms with Crippen LogP contribution in [0.4, 0.5) is 0 Å². The lowest BCUT2D eigenvalue weighted by atomic mass is 10.2. The Morgan fingerprint density at radius 1 is 0.862 bits per heavy atom. The van der Waals surface area contributed by atoms with E-state index in [0.29, 0.717) is 25.4 Å². The van der Waals surface area contributed by atoms with Crippen LogP contribution < -0.4 is 9.47 Å². The number of likely N-dealkylation sites (tertiary alicyclic amines) is 1. The minimum absolute atomic E-state index is 0.00108. The van der Waals surface area contributed by atoms with Crippen LogP contribution in [0.5, 0.6) is 11.5 Å². The van der Waals surface area contributed by atoms with Crippen molar-refractivity contribution in [3.63, 3.8) is 0 Å². The van der Waals surface area contributed by atoms with Gasteiger partial charge in [-0.3, -0.25) is 14.5 Å². The molecule has 4 rings (SSSR count). The molecule has 1 aromatic carbocycles. The highest BCUT2D eigenvalue weighted by Crippen LogP contribution is 2.32. The quantitative estimate of drug-likeness (QED) is 0.725. The fourth-order valence-corrected chi connectivity index (χ4v) is 4.03. The number of hydrogen-bond donors (Lipinski definition) is 0. The van der Waals surface area contributed by atoms with Gasteiger partial charge in [-0.1, -0.05) is 18.9 Å². The number of carbonyl (C=O) groups excluding carboxylic acids is 2. The molecule has 3 heterocycles. The van der Waals surface area contributed by atoms with Crippen molar-refractivity contribution in [2.45, 2.75) is 25.7 Å². The lowest BCUT2D eigenvalue weighted by Gasteiger charge is -2.34. The molecule has 0 radical (unpaired) electrons. The van der Waals surface area contributed by atoms with E-state index in [-0.39, 0.29) is 18.6 Å². The van der Waals surface area contributed by atoms with E-state index in [0.717, 1.165) is 50.3 Å². The normalized spacial score (nSPS) is 20.1. The topological polar surface area (TPSA) is 62.3 Å². The Labute approximate surface area is 171 Å². The fourth-order valence-electron chi connectivity index (χ4n) is 4.03. The molecule has 0 atom stereocenters.